The zero-order valence-electron chi connectivity index (χ0n) is 9.12. The molecule has 2 amide bonds. The SMILES string of the molecule is COCCCC(=O)NCC(=O)NCC(=O)O. The van der Waals surface area contributed by atoms with Crippen LogP contribution in [-0.2, 0) is 19.1 Å². The highest BCUT2D eigenvalue weighted by molar-refractivity contribution is 5.86. The van der Waals surface area contributed by atoms with Crippen molar-refractivity contribution in [2.24, 2.45) is 0 Å². The summed E-state index contributed by atoms with van der Waals surface area (Å²) in [5.41, 5.74) is 0. The molecule has 0 radical (unpaired) electrons. The van der Waals surface area contributed by atoms with Crippen molar-refractivity contribution < 1.29 is 24.2 Å². The van der Waals surface area contributed by atoms with Crippen molar-refractivity contribution in [3.05, 3.63) is 0 Å². The molecule has 0 aromatic carbocycles. The van der Waals surface area contributed by atoms with Crippen LogP contribution in [0.15, 0.2) is 0 Å². The van der Waals surface area contributed by atoms with Gasteiger partial charge in [0.25, 0.3) is 0 Å². The number of carbonyl (C=O) groups excluding carboxylic acids is 2. The van der Waals surface area contributed by atoms with Crippen LogP contribution in [-0.4, -0.2) is 49.7 Å². The first kappa shape index (κ1) is 14.4. The van der Waals surface area contributed by atoms with Gasteiger partial charge in [0.2, 0.25) is 11.8 Å². The lowest BCUT2D eigenvalue weighted by molar-refractivity contribution is -0.137. The van der Waals surface area contributed by atoms with E-state index in [0.29, 0.717) is 13.0 Å². The molecule has 0 atom stereocenters. The average molecular weight is 232 g/mol. The van der Waals surface area contributed by atoms with Crippen LogP contribution in [0.4, 0.5) is 0 Å². The number of ether oxygens (including phenoxy) is 1. The molecule has 0 saturated heterocycles. The van der Waals surface area contributed by atoms with E-state index < -0.39 is 18.4 Å². The van der Waals surface area contributed by atoms with Crippen molar-refractivity contribution in [2.75, 3.05) is 26.8 Å². The number of amides is 2. The number of carboxylic acids is 1. The average Bonchev–Trinajstić information content (AvgIpc) is 2.24. The molecule has 0 saturated carbocycles. The Kier molecular flexibility index (Phi) is 7.78. The van der Waals surface area contributed by atoms with Gasteiger partial charge in [-0.1, -0.05) is 0 Å². The summed E-state index contributed by atoms with van der Waals surface area (Å²) >= 11 is 0. The Morgan fingerprint density at radius 1 is 1.12 bits per heavy atom. The summed E-state index contributed by atoms with van der Waals surface area (Å²) in [6, 6.07) is 0. The van der Waals surface area contributed by atoms with Gasteiger partial charge in [0.05, 0.1) is 6.54 Å². The van der Waals surface area contributed by atoms with E-state index >= 15 is 0 Å². The summed E-state index contributed by atoms with van der Waals surface area (Å²) in [4.78, 5) is 32.2. The molecule has 16 heavy (non-hydrogen) atoms. The second-order valence-electron chi connectivity index (χ2n) is 3.04. The highest BCUT2D eigenvalue weighted by Crippen LogP contribution is 1.88. The summed E-state index contributed by atoms with van der Waals surface area (Å²) in [7, 11) is 1.54. The van der Waals surface area contributed by atoms with Crippen molar-refractivity contribution in [1.29, 1.82) is 0 Å². The summed E-state index contributed by atoms with van der Waals surface area (Å²) in [5.74, 6) is -1.91. The van der Waals surface area contributed by atoms with Gasteiger partial charge < -0.3 is 20.5 Å². The highest BCUT2D eigenvalue weighted by atomic mass is 16.5. The van der Waals surface area contributed by atoms with Gasteiger partial charge in [-0.25, -0.2) is 0 Å². The molecule has 0 fully saturated rings. The van der Waals surface area contributed by atoms with Gasteiger partial charge in [-0.15, -0.1) is 0 Å². The van der Waals surface area contributed by atoms with E-state index in [9.17, 15) is 14.4 Å². The number of aliphatic carboxylic acids is 1. The molecule has 0 rings (SSSR count). The first-order chi connectivity index (χ1) is 7.56. The van der Waals surface area contributed by atoms with Gasteiger partial charge in [-0.05, 0) is 6.42 Å². The molecule has 3 N–H and O–H groups in total. The van der Waals surface area contributed by atoms with E-state index in [1.54, 1.807) is 0 Å². The lowest BCUT2D eigenvalue weighted by Crippen LogP contribution is -2.38. The number of carboxylic acid groups (broad SMARTS) is 1. The highest BCUT2D eigenvalue weighted by Gasteiger charge is 2.06. The molecule has 0 unspecified atom stereocenters. The number of rotatable bonds is 8. The fraction of sp³-hybridized carbons (Fsp3) is 0.667. The zero-order valence-corrected chi connectivity index (χ0v) is 9.12. The molecule has 7 nitrogen and oxygen atoms in total. The topological polar surface area (TPSA) is 105 Å². The normalized spacial score (nSPS) is 9.56. The van der Waals surface area contributed by atoms with E-state index in [0.717, 1.165) is 0 Å². The van der Waals surface area contributed by atoms with Crippen LogP contribution in [0, 0.1) is 0 Å². The largest absolute Gasteiger partial charge is 0.480 e. The summed E-state index contributed by atoms with van der Waals surface area (Å²) < 4.78 is 4.76. The number of methoxy groups -OCH3 is 1. The molecule has 92 valence electrons. The van der Waals surface area contributed by atoms with Crippen LogP contribution in [0.2, 0.25) is 0 Å². The Hall–Kier alpha value is -1.63. The minimum atomic E-state index is -1.13. The Balaban J connectivity index is 3.51. The predicted molar refractivity (Wildman–Crippen MR) is 54.8 cm³/mol. The van der Waals surface area contributed by atoms with E-state index in [-0.39, 0.29) is 18.9 Å². The van der Waals surface area contributed by atoms with Crippen LogP contribution in [0.25, 0.3) is 0 Å². The fourth-order valence-electron chi connectivity index (χ4n) is 0.881. The van der Waals surface area contributed by atoms with Gasteiger partial charge >= 0.3 is 5.97 Å². The Labute approximate surface area is 93.2 Å². The van der Waals surface area contributed by atoms with E-state index in [2.05, 4.69) is 10.6 Å². The van der Waals surface area contributed by atoms with Gasteiger partial charge in [-0.2, -0.15) is 0 Å². The standard InChI is InChI=1S/C9H16N2O5/c1-16-4-2-3-7(12)10-5-8(13)11-6-9(14)15/h2-6H2,1H3,(H,10,12)(H,11,13)(H,14,15). The minimum absolute atomic E-state index is 0.209. The van der Waals surface area contributed by atoms with E-state index in [1.165, 1.54) is 7.11 Å². The number of hydrogen-bond acceptors (Lipinski definition) is 4. The molecule has 7 heteroatoms. The first-order valence-corrected chi connectivity index (χ1v) is 4.80. The van der Waals surface area contributed by atoms with E-state index in [1.807, 2.05) is 0 Å². The Morgan fingerprint density at radius 3 is 2.31 bits per heavy atom. The minimum Gasteiger partial charge on any atom is -0.480 e. The molecule has 0 aliphatic rings. The lowest BCUT2D eigenvalue weighted by Gasteiger charge is -2.04. The molecular formula is C9H16N2O5. The van der Waals surface area contributed by atoms with Crippen molar-refractivity contribution >= 4 is 17.8 Å². The molecule has 0 aliphatic carbocycles. The molecule has 0 aliphatic heterocycles. The van der Waals surface area contributed by atoms with Crippen molar-refractivity contribution in [1.82, 2.24) is 10.6 Å². The van der Waals surface area contributed by atoms with Crippen LogP contribution in [0.5, 0.6) is 0 Å². The van der Waals surface area contributed by atoms with Crippen molar-refractivity contribution in [3.8, 4) is 0 Å². The summed E-state index contributed by atoms with van der Waals surface area (Å²) in [6.45, 7) is -0.171. The van der Waals surface area contributed by atoms with E-state index in [4.69, 9.17) is 9.84 Å². The second-order valence-corrected chi connectivity index (χ2v) is 3.04. The van der Waals surface area contributed by atoms with Gasteiger partial charge in [0.1, 0.15) is 6.54 Å². The third-order valence-electron chi connectivity index (χ3n) is 1.64. The van der Waals surface area contributed by atoms with Crippen LogP contribution >= 0.6 is 0 Å². The fourth-order valence-corrected chi connectivity index (χ4v) is 0.881. The molecule has 0 aromatic rings. The zero-order chi connectivity index (χ0) is 12.4. The lowest BCUT2D eigenvalue weighted by atomic mass is 10.3. The monoisotopic (exact) mass is 232 g/mol. The van der Waals surface area contributed by atoms with Crippen LogP contribution in [0.3, 0.4) is 0 Å². The first-order valence-electron chi connectivity index (χ1n) is 4.80. The van der Waals surface area contributed by atoms with Gasteiger partial charge in [0.15, 0.2) is 0 Å². The third-order valence-corrected chi connectivity index (χ3v) is 1.64. The smallest absolute Gasteiger partial charge is 0.322 e. The predicted octanol–water partition coefficient (Wildman–Crippen LogP) is -1.27. The van der Waals surface area contributed by atoms with Crippen molar-refractivity contribution in [3.63, 3.8) is 0 Å². The van der Waals surface area contributed by atoms with Gasteiger partial charge in [0, 0.05) is 20.1 Å². The maximum absolute atomic E-state index is 11.1. The van der Waals surface area contributed by atoms with Crippen LogP contribution in [0.1, 0.15) is 12.8 Å². The quantitative estimate of drug-likeness (QED) is 0.452. The second kappa shape index (κ2) is 8.66. The molecular weight excluding hydrogens is 216 g/mol. The maximum Gasteiger partial charge on any atom is 0.322 e. The summed E-state index contributed by atoms with van der Waals surface area (Å²) in [5, 5.41) is 12.8. The number of hydrogen-bond donors (Lipinski definition) is 3. The molecule has 0 bridgehead atoms. The Morgan fingerprint density at radius 2 is 1.75 bits per heavy atom. The molecule has 0 heterocycles. The van der Waals surface area contributed by atoms with Crippen LogP contribution < -0.4 is 10.6 Å². The summed E-state index contributed by atoms with van der Waals surface area (Å²) in [6.07, 6.45) is 0.860. The molecule has 0 spiro atoms. The van der Waals surface area contributed by atoms with Gasteiger partial charge in [-0.3, -0.25) is 14.4 Å². The third kappa shape index (κ3) is 8.95. The Bertz CT molecular complexity index is 254. The maximum atomic E-state index is 11.1. The number of carbonyl (C=O) groups is 3. The van der Waals surface area contributed by atoms with Crippen molar-refractivity contribution in [2.45, 2.75) is 12.8 Å². The molecule has 0 aromatic heterocycles. The number of nitrogens with one attached hydrogen (secondary N) is 2.